The summed E-state index contributed by atoms with van der Waals surface area (Å²) in [4.78, 5) is 13.0. The Hall–Kier alpha value is -3.37. The summed E-state index contributed by atoms with van der Waals surface area (Å²) in [6, 6.07) is 26.9. The molecule has 0 unspecified atom stereocenters. The van der Waals surface area contributed by atoms with Crippen LogP contribution in [0.3, 0.4) is 0 Å². The number of carbonyl (C=O) groups excluding carboxylic acids is 1. The summed E-state index contributed by atoms with van der Waals surface area (Å²) in [5, 5.41) is 1.01. The van der Waals surface area contributed by atoms with Crippen LogP contribution in [0.5, 0.6) is 5.75 Å². The number of benzene rings is 3. The Labute approximate surface area is 162 Å². The lowest BCUT2D eigenvalue weighted by atomic mass is 10.0. The van der Waals surface area contributed by atoms with Crippen molar-refractivity contribution < 1.29 is 18.7 Å². The van der Waals surface area contributed by atoms with Crippen molar-refractivity contribution in [3.63, 3.8) is 0 Å². The smallest absolute Gasteiger partial charge is 0.198 e. The van der Waals surface area contributed by atoms with E-state index in [1.165, 1.54) is 0 Å². The Bertz CT molecular complexity index is 1100. The van der Waals surface area contributed by atoms with Gasteiger partial charge in [0.1, 0.15) is 29.8 Å². The van der Waals surface area contributed by atoms with E-state index in [9.17, 15) is 4.79 Å². The van der Waals surface area contributed by atoms with Gasteiger partial charge in [0, 0.05) is 5.39 Å². The molecule has 5 rings (SSSR count). The molecule has 4 nitrogen and oxygen atoms in total. The SMILES string of the molecule is O=C(c1ccccc1OCc1ccccc1)[C@H]1O[C@@H]1c1cc2ccccc2o1. The standard InChI is InChI=1S/C24H18O4/c25-22(24-23(28-24)21-14-17-10-4-6-12-19(17)27-21)18-11-5-7-13-20(18)26-15-16-8-2-1-3-9-16/h1-14,23-24H,15H2/t23-,24-/m1/s1. The number of furan rings is 1. The predicted octanol–water partition coefficient (Wildman–Crippen LogP) is 5.33. The lowest BCUT2D eigenvalue weighted by molar-refractivity contribution is 0.0949. The summed E-state index contributed by atoms with van der Waals surface area (Å²) in [6.45, 7) is 0.406. The van der Waals surface area contributed by atoms with Crippen LogP contribution in [0.4, 0.5) is 0 Å². The molecule has 0 saturated carbocycles. The van der Waals surface area contributed by atoms with E-state index in [1.807, 2.05) is 78.9 Å². The Morgan fingerprint density at radius 1 is 0.893 bits per heavy atom. The average Bonchev–Trinajstić information content (AvgIpc) is 3.44. The number of fused-ring (bicyclic) bond motifs is 1. The van der Waals surface area contributed by atoms with E-state index in [0.717, 1.165) is 16.5 Å². The molecule has 0 amide bonds. The summed E-state index contributed by atoms with van der Waals surface area (Å²) in [6.07, 6.45) is -0.885. The van der Waals surface area contributed by atoms with Crippen LogP contribution in [0.2, 0.25) is 0 Å². The molecular weight excluding hydrogens is 352 g/mol. The zero-order valence-electron chi connectivity index (χ0n) is 15.1. The molecule has 3 aromatic carbocycles. The first-order valence-corrected chi connectivity index (χ1v) is 9.23. The fourth-order valence-electron chi connectivity index (χ4n) is 3.36. The zero-order valence-corrected chi connectivity index (χ0v) is 15.1. The molecule has 2 heterocycles. The minimum atomic E-state index is -0.540. The molecule has 28 heavy (non-hydrogen) atoms. The number of para-hydroxylation sites is 2. The Morgan fingerprint density at radius 2 is 1.64 bits per heavy atom. The Balaban J connectivity index is 1.33. The van der Waals surface area contributed by atoms with Crippen LogP contribution < -0.4 is 4.74 Å². The Morgan fingerprint density at radius 3 is 2.50 bits per heavy atom. The van der Waals surface area contributed by atoms with Crippen LogP contribution in [0.15, 0.2) is 89.3 Å². The third kappa shape index (κ3) is 3.19. The van der Waals surface area contributed by atoms with Gasteiger partial charge in [-0.05, 0) is 29.8 Å². The molecule has 0 bridgehead atoms. The van der Waals surface area contributed by atoms with Crippen LogP contribution in [0, 0.1) is 0 Å². The van der Waals surface area contributed by atoms with Gasteiger partial charge in [0.2, 0.25) is 0 Å². The first-order valence-electron chi connectivity index (χ1n) is 9.23. The molecule has 0 aliphatic carbocycles. The van der Waals surface area contributed by atoms with E-state index in [0.29, 0.717) is 23.7 Å². The largest absolute Gasteiger partial charge is 0.488 e. The fourth-order valence-corrected chi connectivity index (χ4v) is 3.36. The molecule has 4 aromatic rings. The lowest BCUT2D eigenvalue weighted by Gasteiger charge is -2.10. The first-order chi connectivity index (χ1) is 13.8. The molecule has 1 fully saturated rings. The lowest BCUT2D eigenvalue weighted by Crippen LogP contribution is -2.10. The van der Waals surface area contributed by atoms with Crippen LogP contribution in [-0.2, 0) is 11.3 Å². The van der Waals surface area contributed by atoms with Gasteiger partial charge in [0.25, 0.3) is 0 Å². The third-order valence-electron chi connectivity index (χ3n) is 4.86. The third-order valence-corrected chi connectivity index (χ3v) is 4.86. The maximum Gasteiger partial charge on any atom is 0.198 e. The Kier molecular flexibility index (Phi) is 4.18. The van der Waals surface area contributed by atoms with Crippen molar-refractivity contribution in [2.45, 2.75) is 18.8 Å². The van der Waals surface area contributed by atoms with Gasteiger partial charge in [-0.15, -0.1) is 0 Å². The highest BCUT2D eigenvalue weighted by Gasteiger charge is 2.49. The number of epoxide rings is 1. The minimum Gasteiger partial charge on any atom is -0.488 e. The molecule has 1 aliphatic rings. The van der Waals surface area contributed by atoms with E-state index in [4.69, 9.17) is 13.9 Å². The predicted molar refractivity (Wildman–Crippen MR) is 105 cm³/mol. The highest BCUT2D eigenvalue weighted by molar-refractivity contribution is 6.03. The normalized spacial score (nSPS) is 18.1. The van der Waals surface area contributed by atoms with Crippen molar-refractivity contribution in [2.75, 3.05) is 0 Å². The number of Topliss-reactive ketones (excluding diaryl/α,β-unsaturated/α-hetero) is 1. The van der Waals surface area contributed by atoms with E-state index >= 15 is 0 Å². The van der Waals surface area contributed by atoms with Crippen LogP contribution in [-0.4, -0.2) is 11.9 Å². The number of hydrogen-bond donors (Lipinski definition) is 0. The highest BCUT2D eigenvalue weighted by atomic mass is 16.6. The van der Waals surface area contributed by atoms with Crippen molar-refractivity contribution in [3.8, 4) is 5.75 Å². The van der Waals surface area contributed by atoms with Gasteiger partial charge in [0.05, 0.1) is 5.56 Å². The summed E-state index contributed by atoms with van der Waals surface area (Å²) in [5.74, 6) is 1.16. The molecule has 138 valence electrons. The van der Waals surface area contributed by atoms with Crippen LogP contribution >= 0.6 is 0 Å². The van der Waals surface area contributed by atoms with Gasteiger partial charge in [-0.1, -0.05) is 60.7 Å². The number of hydrogen-bond acceptors (Lipinski definition) is 4. The molecule has 1 aliphatic heterocycles. The second-order valence-corrected chi connectivity index (χ2v) is 6.80. The van der Waals surface area contributed by atoms with Gasteiger partial charge in [-0.25, -0.2) is 0 Å². The minimum absolute atomic E-state index is 0.0888. The molecule has 2 atom stereocenters. The second kappa shape index (κ2) is 6.98. The number of carbonyl (C=O) groups is 1. The highest BCUT2D eigenvalue weighted by Crippen LogP contribution is 2.43. The molecule has 0 spiro atoms. The molecule has 0 radical (unpaired) electrons. The van der Waals surface area contributed by atoms with Gasteiger partial charge in [0.15, 0.2) is 11.9 Å². The van der Waals surface area contributed by atoms with Crippen molar-refractivity contribution in [1.29, 1.82) is 0 Å². The molecular formula is C24H18O4. The van der Waals surface area contributed by atoms with Crippen molar-refractivity contribution in [1.82, 2.24) is 0 Å². The first kappa shape index (κ1) is 16.8. The van der Waals surface area contributed by atoms with Gasteiger partial charge in [-0.2, -0.15) is 0 Å². The van der Waals surface area contributed by atoms with Crippen molar-refractivity contribution in [3.05, 3.63) is 102 Å². The zero-order chi connectivity index (χ0) is 18.9. The summed E-state index contributed by atoms with van der Waals surface area (Å²) in [5.41, 5.74) is 2.38. The van der Waals surface area contributed by atoms with Crippen LogP contribution in [0.25, 0.3) is 11.0 Å². The second-order valence-electron chi connectivity index (χ2n) is 6.80. The molecule has 0 N–H and O–H groups in total. The average molecular weight is 370 g/mol. The van der Waals surface area contributed by atoms with E-state index in [2.05, 4.69) is 0 Å². The summed E-state index contributed by atoms with van der Waals surface area (Å²) < 4.78 is 17.4. The van der Waals surface area contributed by atoms with Gasteiger partial charge >= 0.3 is 0 Å². The molecule has 1 saturated heterocycles. The van der Waals surface area contributed by atoms with Crippen molar-refractivity contribution >= 4 is 16.8 Å². The molecule has 1 aromatic heterocycles. The van der Waals surface area contributed by atoms with Crippen molar-refractivity contribution in [2.24, 2.45) is 0 Å². The topological polar surface area (TPSA) is 52.0 Å². The van der Waals surface area contributed by atoms with E-state index in [1.54, 1.807) is 6.07 Å². The van der Waals surface area contributed by atoms with Gasteiger partial charge in [-0.3, -0.25) is 4.79 Å². The van der Waals surface area contributed by atoms with E-state index < -0.39 is 6.10 Å². The van der Waals surface area contributed by atoms with Crippen LogP contribution in [0.1, 0.15) is 27.8 Å². The maximum atomic E-state index is 13.0. The van der Waals surface area contributed by atoms with Gasteiger partial charge < -0.3 is 13.9 Å². The quantitative estimate of drug-likeness (QED) is 0.340. The monoisotopic (exact) mass is 370 g/mol. The maximum absolute atomic E-state index is 13.0. The summed E-state index contributed by atoms with van der Waals surface area (Å²) >= 11 is 0. The number of rotatable bonds is 6. The number of ether oxygens (including phenoxy) is 2. The summed E-state index contributed by atoms with van der Waals surface area (Å²) in [7, 11) is 0. The molecule has 4 heteroatoms. The fraction of sp³-hybridized carbons (Fsp3) is 0.125. The van der Waals surface area contributed by atoms with E-state index in [-0.39, 0.29) is 11.9 Å². The number of ketones is 1.